The second-order valence-corrected chi connectivity index (χ2v) is 8.32. The van der Waals surface area contributed by atoms with E-state index in [9.17, 15) is 22.8 Å². The maximum Gasteiger partial charge on any atom is 0.416 e. The molecular weight excluding hydrogens is 407 g/mol. The van der Waals surface area contributed by atoms with E-state index in [4.69, 9.17) is 0 Å². The summed E-state index contributed by atoms with van der Waals surface area (Å²) in [7, 11) is 0. The molecule has 0 atom stereocenters. The van der Waals surface area contributed by atoms with Crippen LogP contribution in [-0.4, -0.2) is 60.0 Å². The first kappa shape index (κ1) is 21.6. The van der Waals surface area contributed by atoms with Gasteiger partial charge in [-0.15, -0.1) is 0 Å². The SMILES string of the molecule is CCC(=O)N1CCC2=C(CN=C2C(=O)N2CCC(c3ccccc3C(F)(F)F)CC2)C1. The van der Waals surface area contributed by atoms with Gasteiger partial charge in [0.1, 0.15) is 5.71 Å². The lowest BCUT2D eigenvalue weighted by atomic mass is 9.86. The Morgan fingerprint density at radius 3 is 2.48 bits per heavy atom. The van der Waals surface area contributed by atoms with Crippen molar-refractivity contribution in [3.63, 3.8) is 0 Å². The zero-order valence-corrected chi connectivity index (χ0v) is 17.5. The smallest absolute Gasteiger partial charge is 0.338 e. The van der Waals surface area contributed by atoms with Crippen LogP contribution < -0.4 is 0 Å². The van der Waals surface area contributed by atoms with Crippen molar-refractivity contribution in [1.82, 2.24) is 9.80 Å². The number of likely N-dealkylation sites (tertiary alicyclic amines) is 1. The maximum absolute atomic E-state index is 13.4. The van der Waals surface area contributed by atoms with Gasteiger partial charge in [-0.25, -0.2) is 0 Å². The van der Waals surface area contributed by atoms with Crippen LogP contribution in [0.5, 0.6) is 0 Å². The molecular formula is C23H26F3N3O2. The van der Waals surface area contributed by atoms with Crippen molar-refractivity contribution in [2.75, 3.05) is 32.7 Å². The van der Waals surface area contributed by atoms with Crippen LogP contribution in [0.4, 0.5) is 13.2 Å². The Hall–Kier alpha value is -2.64. The van der Waals surface area contributed by atoms with Gasteiger partial charge in [-0.3, -0.25) is 14.6 Å². The molecule has 31 heavy (non-hydrogen) atoms. The summed E-state index contributed by atoms with van der Waals surface area (Å²) in [5.74, 6) is -0.249. The minimum Gasteiger partial charge on any atom is -0.338 e. The minimum absolute atomic E-state index is 0.104. The molecule has 4 rings (SSSR count). The maximum atomic E-state index is 13.4. The largest absolute Gasteiger partial charge is 0.416 e. The van der Waals surface area contributed by atoms with Gasteiger partial charge in [0.25, 0.3) is 5.91 Å². The van der Waals surface area contributed by atoms with Gasteiger partial charge in [0.05, 0.1) is 12.1 Å². The Kier molecular flexibility index (Phi) is 5.90. The monoisotopic (exact) mass is 433 g/mol. The first-order valence-corrected chi connectivity index (χ1v) is 10.8. The van der Waals surface area contributed by atoms with Crippen LogP contribution >= 0.6 is 0 Å². The van der Waals surface area contributed by atoms with E-state index < -0.39 is 11.7 Å². The molecule has 0 saturated carbocycles. The fraction of sp³-hybridized carbons (Fsp3) is 0.522. The fourth-order valence-corrected chi connectivity index (χ4v) is 4.82. The van der Waals surface area contributed by atoms with Crippen molar-refractivity contribution in [2.24, 2.45) is 4.99 Å². The predicted octanol–water partition coefficient (Wildman–Crippen LogP) is 3.80. The predicted molar refractivity (Wildman–Crippen MR) is 111 cm³/mol. The molecule has 8 heteroatoms. The van der Waals surface area contributed by atoms with Crippen molar-refractivity contribution in [2.45, 2.75) is 44.7 Å². The summed E-state index contributed by atoms with van der Waals surface area (Å²) in [5, 5.41) is 0. The number of piperidine rings is 1. The van der Waals surface area contributed by atoms with Gasteiger partial charge in [0.15, 0.2) is 0 Å². The number of carbonyl (C=O) groups excluding carboxylic acids is 2. The van der Waals surface area contributed by atoms with Crippen LogP contribution in [0.2, 0.25) is 0 Å². The van der Waals surface area contributed by atoms with Crippen LogP contribution in [0.1, 0.15) is 49.7 Å². The van der Waals surface area contributed by atoms with Gasteiger partial charge in [-0.1, -0.05) is 25.1 Å². The Bertz CT molecular complexity index is 944. The minimum atomic E-state index is -4.38. The molecule has 0 aliphatic carbocycles. The molecule has 3 aliphatic rings. The number of aliphatic imine (C=N–C) groups is 1. The van der Waals surface area contributed by atoms with E-state index in [2.05, 4.69) is 4.99 Å². The summed E-state index contributed by atoms with van der Waals surface area (Å²) >= 11 is 0. The topological polar surface area (TPSA) is 53.0 Å². The van der Waals surface area contributed by atoms with E-state index in [1.54, 1.807) is 17.0 Å². The number of amides is 2. The summed E-state index contributed by atoms with van der Waals surface area (Å²) in [6.45, 7) is 4.23. The van der Waals surface area contributed by atoms with Crippen LogP contribution in [-0.2, 0) is 15.8 Å². The van der Waals surface area contributed by atoms with Crippen molar-refractivity contribution in [1.29, 1.82) is 0 Å². The lowest BCUT2D eigenvalue weighted by Gasteiger charge is -2.34. The van der Waals surface area contributed by atoms with E-state index in [-0.39, 0.29) is 17.7 Å². The number of benzene rings is 1. The number of hydrogen-bond donors (Lipinski definition) is 0. The van der Waals surface area contributed by atoms with Crippen LogP contribution in [0.3, 0.4) is 0 Å². The summed E-state index contributed by atoms with van der Waals surface area (Å²) in [6.07, 6.45) is -2.30. The van der Waals surface area contributed by atoms with Crippen molar-refractivity contribution in [3.8, 4) is 0 Å². The zero-order valence-electron chi connectivity index (χ0n) is 17.5. The molecule has 0 unspecified atom stereocenters. The first-order chi connectivity index (χ1) is 14.8. The third kappa shape index (κ3) is 4.25. The number of hydrogen-bond acceptors (Lipinski definition) is 3. The molecule has 3 heterocycles. The van der Waals surface area contributed by atoms with Crippen LogP contribution in [0, 0.1) is 0 Å². The van der Waals surface area contributed by atoms with Gasteiger partial charge in [-0.05, 0) is 48.0 Å². The lowest BCUT2D eigenvalue weighted by Crippen LogP contribution is -2.43. The highest BCUT2D eigenvalue weighted by Crippen LogP contribution is 2.39. The molecule has 1 fully saturated rings. The van der Waals surface area contributed by atoms with Crippen molar-refractivity contribution in [3.05, 3.63) is 46.5 Å². The Labute approximate surface area is 179 Å². The molecule has 3 aliphatic heterocycles. The Balaban J connectivity index is 1.41. The second kappa shape index (κ2) is 8.48. The third-order valence-corrected chi connectivity index (χ3v) is 6.50. The zero-order chi connectivity index (χ0) is 22.2. The molecule has 0 aromatic heterocycles. The summed E-state index contributed by atoms with van der Waals surface area (Å²) in [5.41, 5.74) is 2.20. The van der Waals surface area contributed by atoms with E-state index in [0.29, 0.717) is 69.7 Å². The van der Waals surface area contributed by atoms with Crippen molar-refractivity contribution >= 4 is 17.5 Å². The van der Waals surface area contributed by atoms with Gasteiger partial charge in [0, 0.05) is 32.6 Å². The summed E-state index contributed by atoms with van der Waals surface area (Å²) in [6, 6.07) is 5.73. The molecule has 166 valence electrons. The van der Waals surface area contributed by atoms with Crippen LogP contribution in [0.25, 0.3) is 0 Å². The number of carbonyl (C=O) groups is 2. The van der Waals surface area contributed by atoms with Gasteiger partial charge >= 0.3 is 6.18 Å². The van der Waals surface area contributed by atoms with Gasteiger partial charge < -0.3 is 9.80 Å². The fourth-order valence-electron chi connectivity index (χ4n) is 4.82. The molecule has 5 nitrogen and oxygen atoms in total. The average molecular weight is 433 g/mol. The summed E-state index contributed by atoms with van der Waals surface area (Å²) < 4.78 is 40.1. The third-order valence-electron chi connectivity index (χ3n) is 6.50. The van der Waals surface area contributed by atoms with E-state index in [0.717, 1.165) is 17.2 Å². The van der Waals surface area contributed by atoms with E-state index in [1.165, 1.54) is 6.07 Å². The van der Waals surface area contributed by atoms with Gasteiger partial charge in [-0.2, -0.15) is 13.2 Å². The normalized spacial score (nSPS) is 20.1. The molecule has 0 spiro atoms. The molecule has 2 amide bonds. The number of halogens is 3. The molecule has 0 bridgehead atoms. The first-order valence-electron chi connectivity index (χ1n) is 10.8. The Morgan fingerprint density at radius 1 is 1.10 bits per heavy atom. The molecule has 1 saturated heterocycles. The summed E-state index contributed by atoms with van der Waals surface area (Å²) in [4.78, 5) is 33.1. The number of nitrogens with zero attached hydrogens (tertiary/aromatic N) is 3. The highest BCUT2D eigenvalue weighted by atomic mass is 19.4. The highest BCUT2D eigenvalue weighted by molar-refractivity contribution is 6.46. The van der Waals surface area contributed by atoms with E-state index >= 15 is 0 Å². The number of alkyl halides is 3. The lowest BCUT2D eigenvalue weighted by molar-refractivity contribution is -0.138. The Morgan fingerprint density at radius 2 is 1.81 bits per heavy atom. The second-order valence-electron chi connectivity index (χ2n) is 8.32. The molecule has 1 aromatic rings. The van der Waals surface area contributed by atoms with Crippen LogP contribution in [0.15, 0.2) is 40.4 Å². The number of rotatable bonds is 3. The molecule has 1 aromatic carbocycles. The highest BCUT2D eigenvalue weighted by Gasteiger charge is 2.37. The van der Waals surface area contributed by atoms with Crippen molar-refractivity contribution < 1.29 is 22.8 Å². The molecule has 0 N–H and O–H groups in total. The van der Waals surface area contributed by atoms with Gasteiger partial charge in [0.2, 0.25) is 5.91 Å². The van der Waals surface area contributed by atoms with E-state index in [1.807, 2.05) is 11.8 Å². The standard InChI is InChI=1S/C23H26F3N3O2/c1-2-20(30)29-12-9-18-16(14-29)13-27-21(18)22(31)28-10-7-15(8-11-28)17-5-3-4-6-19(17)23(24,25)26/h3-6,15H,2,7-14H2,1H3. The average Bonchev–Trinajstić information content (AvgIpc) is 3.21. The quantitative estimate of drug-likeness (QED) is 0.728. The molecule has 0 radical (unpaired) electrons.